The Balaban J connectivity index is 1.91. The van der Waals surface area contributed by atoms with Crippen molar-refractivity contribution in [1.82, 2.24) is 19.7 Å². The number of aliphatic hydroxyl groups is 1. The van der Waals surface area contributed by atoms with Crippen LogP contribution < -0.4 is 0 Å². The van der Waals surface area contributed by atoms with Crippen LogP contribution in [0, 0.1) is 0 Å². The number of hydrogen-bond acceptors (Lipinski definition) is 4. The van der Waals surface area contributed by atoms with Crippen LogP contribution in [0.25, 0.3) is 22.5 Å². The maximum absolute atomic E-state index is 9.57. The Kier molecular flexibility index (Phi) is 3.82. The van der Waals surface area contributed by atoms with Crippen molar-refractivity contribution in [2.45, 2.75) is 25.4 Å². The first kappa shape index (κ1) is 15.3. The molecule has 3 aromatic rings. The van der Waals surface area contributed by atoms with Crippen molar-refractivity contribution in [3.63, 3.8) is 0 Å². The largest absolute Gasteiger partial charge is 0.390 e. The summed E-state index contributed by atoms with van der Waals surface area (Å²) < 4.78 is 1.87. The van der Waals surface area contributed by atoms with Gasteiger partial charge in [-0.3, -0.25) is 4.98 Å². The highest BCUT2D eigenvalue weighted by atomic mass is 35.5. The van der Waals surface area contributed by atoms with Gasteiger partial charge in [-0.2, -0.15) is 0 Å². The molecule has 122 valence electrons. The van der Waals surface area contributed by atoms with Gasteiger partial charge < -0.3 is 9.67 Å². The predicted octanol–water partition coefficient (Wildman–Crippen LogP) is 3.57. The van der Waals surface area contributed by atoms with E-state index in [1.807, 2.05) is 35.9 Å². The molecule has 2 heterocycles. The lowest BCUT2D eigenvalue weighted by Crippen LogP contribution is -1.98. The van der Waals surface area contributed by atoms with E-state index < -0.39 is 0 Å². The van der Waals surface area contributed by atoms with E-state index in [0.29, 0.717) is 16.6 Å². The molecule has 0 atom stereocenters. The monoisotopic (exact) mass is 340 g/mol. The first-order valence-electron chi connectivity index (χ1n) is 7.91. The molecular formula is C18H17ClN4O. The fraction of sp³-hybridized carbons (Fsp3) is 0.278. The number of benzene rings is 1. The van der Waals surface area contributed by atoms with Gasteiger partial charge in [0.15, 0.2) is 5.82 Å². The molecule has 0 radical (unpaired) electrons. The molecule has 1 aromatic carbocycles. The van der Waals surface area contributed by atoms with Crippen molar-refractivity contribution >= 4 is 11.6 Å². The Morgan fingerprint density at radius 1 is 1.21 bits per heavy atom. The summed E-state index contributed by atoms with van der Waals surface area (Å²) in [6.45, 7) is -0.0690. The van der Waals surface area contributed by atoms with Gasteiger partial charge in [-0.15, -0.1) is 10.2 Å². The molecule has 4 rings (SSSR count). The molecule has 1 N–H and O–H groups in total. The molecule has 1 saturated carbocycles. The average Bonchev–Trinajstić information content (AvgIpc) is 3.36. The van der Waals surface area contributed by atoms with Crippen molar-refractivity contribution in [1.29, 1.82) is 0 Å². The van der Waals surface area contributed by atoms with E-state index in [-0.39, 0.29) is 6.61 Å². The number of nitrogens with zero attached hydrogens (tertiary/aromatic N) is 4. The third kappa shape index (κ3) is 2.81. The normalized spacial score (nSPS) is 14.1. The van der Waals surface area contributed by atoms with E-state index >= 15 is 0 Å². The minimum atomic E-state index is -0.0690. The smallest absolute Gasteiger partial charge is 0.164 e. The Labute approximate surface area is 145 Å². The molecule has 5 nitrogen and oxygen atoms in total. The Bertz CT molecular complexity index is 902. The lowest BCUT2D eigenvalue weighted by Gasteiger charge is -2.12. The summed E-state index contributed by atoms with van der Waals surface area (Å²) in [6, 6.07) is 9.79. The molecule has 0 bridgehead atoms. The Morgan fingerprint density at radius 2 is 2.04 bits per heavy atom. The molecule has 0 spiro atoms. The van der Waals surface area contributed by atoms with E-state index in [2.05, 4.69) is 21.2 Å². The summed E-state index contributed by atoms with van der Waals surface area (Å²) in [5.74, 6) is 1.27. The Morgan fingerprint density at radius 3 is 2.71 bits per heavy atom. The molecule has 0 amide bonds. The van der Waals surface area contributed by atoms with Gasteiger partial charge in [0.25, 0.3) is 0 Å². The average molecular weight is 341 g/mol. The van der Waals surface area contributed by atoms with Gasteiger partial charge in [-0.1, -0.05) is 17.7 Å². The zero-order valence-corrected chi connectivity index (χ0v) is 14.0. The highest BCUT2D eigenvalue weighted by molar-refractivity contribution is 6.31. The first-order chi connectivity index (χ1) is 11.7. The van der Waals surface area contributed by atoms with Crippen LogP contribution in [-0.2, 0) is 13.7 Å². The topological polar surface area (TPSA) is 63.8 Å². The van der Waals surface area contributed by atoms with Crippen LogP contribution >= 0.6 is 11.6 Å². The van der Waals surface area contributed by atoms with Crippen LogP contribution in [0.5, 0.6) is 0 Å². The molecule has 1 fully saturated rings. The lowest BCUT2D eigenvalue weighted by atomic mass is 9.97. The predicted molar refractivity (Wildman–Crippen MR) is 92.6 cm³/mol. The van der Waals surface area contributed by atoms with Crippen LogP contribution in [0.15, 0.2) is 36.7 Å². The van der Waals surface area contributed by atoms with Crippen LogP contribution in [0.4, 0.5) is 0 Å². The molecule has 1 aliphatic rings. The molecular weight excluding hydrogens is 324 g/mol. The van der Waals surface area contributed by atoms with Crippen LogP contribution in [0.1, 0.15) is 30.1 Å². The van der Waals surface area contributed by atoms with Crippen LogP contribution in [-0.4, -0.2) is 24.9 Å². The Hall–Kier alpha value is -2.24. The maximum Gasteiger partial charge on any atom is 0.164 e. The van der Waals surface area contributed by atoms with Crippen LogP contribution in [0.3, 0.4) is 0 Å². The summed E-state index contributed by atoms with van der Waals surface area (Å²) in [7, 11) is 1.90. The minimum Gasteiger partial charge on any atom is -0.390 e. The van der Waals surface area contributed by atoms with Crippen molar-refractivity contribution in [3.8, 4) is 22.5 Å². The number of aryl methyl sites for hydroxylation is 1. The number of rotatable bonds is 4. The zero-order valence-electron chi connectivity index (χ0n) is 13.3. The van der Waals surface area contributed by atoms with Crippen molar-refractivity contribution < 1.29 is 5.11 Å². The second-order valence-corrected chi connectivity index (χ2v) is 6.60. The summed E-state index contributed by atoms with van der Waals surface area (Å²) >= 11 is 6.21. The maximum atomic E-state index is 9.57. The van der Waals surface area contributed by atoms with E-state index in [4.69, 9.17) is 11.6 Å². The lowest BCUT2D eigenvalue weighted by molar-refractivity contribution is 0.276. The van der Waals surface area contributed by atoms with Crippen molar-refractivity contribution in [2.24, 2.45) is 7.05 Å². The molecule has 0 saturated heterocycles. The van der Waals surface area contributed by atoms with Gasteiger partial charge in [-0.25, -0.2) is 0 Å². The van der Waals surface area contributed by atoms with E-state index in [1.165, 1.54) is 0 Å². The highest BCUT2D eigenvalue weighted by Gasteiger charge is 2.26. The number of halogens is 1. The summed E-state index contributed by atoms with van der Waals surface area (Å²) in [4.78, 5) is 4.56. The molecule has 24 heavy (non-hydrogen) atoms. The van der Waals surface area contributed by atoms with Crippen molar-refractivity contribution in [2.75, 3.05) is 0 Å². The van der Waals surface area contributed by atoms with E-state index in [1.54, 1.807) is 6.33 Å². The fourth-order valence-electron chi connectivity index (χ4n) is 2.92. The molecule has 0 unspecified atom stereocenters. The number of hydrogen-bond donors (Lipinski definition) is 1. The van der Waals surface area contributed by atoms with Gasteiger partial charge >= 0.3 is 0 Å². The molecule has 6 heteroatoms. The first-order valence-corrected chi connectivity index (χ1v) is 8.29. The summed E-state index contributed by atoms with van der Waals surface area (Å²) in [6.07, 6.45) is 4.00. The van der Waals surface area contributed by atoms with Crippen LogP contribution in [0.2, 0.25) is 5.02 Å². The van der Waals surface area contributed by atoms with Crippen molar-refractivity contribution in [3.05, 3.63) is 53.1 Å². The standard InChI is InChI=1S/C18H17ClN4O/c1-23-10-20-22-18(23)16-8-13(19)4-5-15(16)12-6-14(9-24)21-17(7-12)11-2-3-11/h4-8,10-11,24H,2-3,9H2,1H3. The van der Waals surface area contributed by atoms with Gasteiger partial charge in [0.1, 0.15) is 6.33 Å². The van der Waals surface area contributed by atoms with Gasteiger partial charge in [0.05, 0.1) is 12.3 Å². The number of aliphatic hydroxyl groups excluding tert-OH is 1. The van der Waals surface area contributed by atoms with E-state index in [0.717, 1.165) is 41.1 Å². The third-order valence-corrected chi connectivity index (χ3v) is 4.54. The number of pyridine rings is 1. The second-order valence-electron chi connectivity index (χ2n) is 6.16. The quantitative estimate of drug-likeness (QED) is 0.788. The fourth-order valence-corrected chi connectivity index (χ4v) is 3.09. The summed E-state index contributed by atoms with van der Waals surface area (Å²) in [5, 5.41) is 18.4. The SMILES string of the molecule is Cn1cnnc1-c1cc(Cl)ccc1-c1cc(CO)nc(C2CC2)c1. The molecule has 0 aliphatic heterocycles. The zero-order chi connectivity index (χ0) is 16.7. The van der Waals surface area contributed by atoms with Gasteiger partial charge in [-0.05, 0) is 48.2 Å². The second kappa shape index (κ2) is 6.00. The van der Waals surface area contributed by atoms with Gasteiger partial charge in [0.2, 0.25) is 0 Å². The van der Waals surface area contributed by atoms with Gasteiger partial charge in [0, 0.05) is 29.2 Å². The highest BCUT2D eigenvalue weighted by Crippen LogP contribution is 2.41. The minimum absolute atomic E-state index is 0.0690. The molecule has 2 aromatic heterocycles. The third-order valence-electron chi connectivity index (χ3n) is 4.30. The van der Waals surface area contributed by atoms with E-state index in [9.17, 15) is 5.11 Å². The summed E-state index contributed by atoms with van der Waals surface area (Å²) in [5.41, 5.74) is 4.68. The molecule has 1 aliphatic carbocycles. The number of aromatic nitrogens is 4.